The van der Waals surface area contributed by atoms with Crippen LogP contribution in [0.25, 0.3) is 0 Å². The molecule has 1 heterocycles. The van der Waals surface area contributed by atoms with Gasteiger partial charge in [-0.1, -0.05) is 37.5 Å². The van der Waals surface area contributed by atoms with Crippen LogP contribution in [-0.4, -0.2) is 27.7 Å². The minimum atomic E-state index is -0.175. The highest BCUT2D eigenvalue weighted by molar-refractivity contribution is 6.28. The van der Waals surface area contributed by atoms with Crippen LogP contribution in [0.4, 0.5) is 5.82 Å². The summed E-state index contributed by atoms with van der Waals surface area (Å²) >= 11 is 5.84. The van der Waals surface area contributed by atoms with Gasteiger partial charge in [0.15, 0.2) is 0 Å². The average molecular weight is 280 g/mol. The Kier molecular flexibility index (Phi) is 5.44. The van der Waals surface area contributed by atoms with Gasteiger partial charge < -0.3 is 10.4 Å². The van der Waals surface area contributed by atoms with Gasteiger partial charge in [-0.3, -0.25) is 0 Å². The number of rotatable bonds is 2. The van der Waals surface area contributed by atoms with E-state index in [2.05, 4.69) is 27.1 Å². The van der Waals surface area contributed by atoms with Gasteiger partial charge in [-0.05, 0) is 24.4 Å². The molecule has 1 aliphatic carbocycles. The average Bonchev–Trinajstić information content (AvgIpc) is 2.66. The SMILES string of the molecule is OCC#Cc1cnc(Cl)nc1NC1CCCCCC1. The summed E-state index contributed by atoms with van der Waals surface area (Å²) in [7, 11) is 0. The maximum absolute atomic E-state index is 8.77. The quantitative estimate of drug-likeness (QED) is 0.496. The Bertz CT molecular complexity index is 473. The highest BCUT2D eigenvalue weighted by Crippen LogP contribution is 2.22. The van der Waals surface area contributed by atoms with Gasteiger partial charge in [0.1, 0.15) is 12.4 Å². The number of halogens is 1. The third kappa shape index (κ3) is 4.38. The molecule has 0 saturated heterocycles. The minimum absolute atomic E-state index is 0.175. The lowest BCUT2D eigenvalue weighted by molar-refractivity contribution is 0.350. The molecule has 4 nitrogen and oxygen atoms in total. The molecule has 1 aliphatic rings. The van der Waals surface area contributed by atoms with Crippen molar-refractivity contribution in [1.29, 1.82) is 0 Å². The zero-order valence-corrected chi connectivity index (χ0v) is 11.6. The van der Waals surface area contributed by atoms with Crippen LogP contribution >= 0.6 is 11.6 Å². The van der Waals surface area contributed by atoms with Gasteiger partial charge in [-0.2, -0.15) is 4.98 Å². The predicted molar refractivity (Wildman–Crippen MR) is 76.1 cm³/mol. The number of anilines is 1. The van der Waals surface area contributed by atoms with Crippen molar-refractivity contribution >= 4 is 17.4 Å². The first-order chi connectivity index (χ1) is 9.29. The van der Waals surface area contributed by atoms with E-state index in [0.717, 1.165) is 12.8 Å². The van der Waals surface area contributed by atoms with E-state index in [-0.39, 0.29) is 11.9 Å². The molecule has 1 saturated carbocycles. The summed E-state index contributed by atoms with van der Waals surface area (Å²) in [6.07, 6.45) is 8.99. The van der Waals surface area contributed by atoms with Crippen molar-refractivity contribution < 1.29 is 5.11 Å². The second-order valence-corrected chi connectivity index (χ2v) is 5.03. The summed E-state index contributed by atoms with van der Waals surface area (Å²) in [5.74, 6) is 6.14. The molecule has 0 atom stereocenters. The van der Waals surface area contributed by atoms with E-state index in [0.29, 0.717) is 17.4 Å². The molecule has 0 aliphatic heterocycles. The summed E-state index contributed by atoms with van der Waals surface area (Å²) in [6, 6.07) is 0.420. The molecule has 19 heavy (non-hydrogen) atoms. The van der Waals surface area contributed by atoms with Crippen LogP contribution in [0.3, 0.4) is 0 Å². The first-order valence-corrected chi connectivity index (χ1v) is 7.06. The van der Waals surface area contributed by atoms with Crippen LogP contribution in [0.2, 0.25) is 5.28 Å². The van der Waals surface area contributed by atoms with E-state index in [1.165, 1.54) is 25.7 Å². The lowest BCUT2D eigenvalue weighted by Gasteiger charge is -2.17. The van der Waals surface area contributed by atoms with Crippen LogP contribution in [-0.2, 0) is 0 Å². The Morgan fingerprint density at radius 1 is 1.32 bits per heavy atom. The fraction of sp³-hybridized carbons (Fsp3) is 0.571. The van der Waals surface area contributed by atoms with Crippen molar-refractivity contribution in [2.24, 2.45) is 0 Å². The van der Waals surface area contributed by atoms with Gasteiger partial charge in [-0.25, -0.2) is 4.98 Å². The zero-order valence-electron chi connectivity index (χ0n) is 10.8. The van der Waals surface area contributed by atoms with Crippen molar-refractivity contribution in [3.63, 3.8) is 0 Å². The van der Waals surface area contributed by atoms with Gasteiger partial charge >= 0.3 is 0 Å². The second kappa shape index (κ2) is 7.32. The van der Waals surface area contributed by atoms with E-state index >= 15 is 0 Å². The number of nitrogens with one attached hydrogen (secondary N) is 1. The first kappa shape index (κ1) is 14.1. The third-order valence-corrected chi connectivity index (χ3v) is 3.44. The maximum atomic E-state index is 8.77. The molecule has 1 aromatic heterocycles. The molecule has 0 amide bonds. The molecule has 102 valence electrons. The van der Waals surface area contributed by atoms with E-state index in [1.807, 2.05) is 0 Å². The Labute approximate surface area is 118 Å². The molecule has 0 unspecified atom stereocenters. The van der Waals surface area contributed by atoms with Gasteiger partial charge in [0.05, 0.1) is 5.56 Å². The molecule has 0 spiro atoms. The Morgan fingerprint density at radius 2 is 2.05 bits per heavy atom. The molecule has 0 aromatic carbocycles. The van der Waals surface area contributed by atoms with E-state index in [4.69, 9.17) is 16.7 Å². The van der Waals surface area contributed by atoms with Crippen LogP contribution < -0.4 is 5.32 Å². The van der Waals surface area contributed by atoms with Crippen molar-refractivity contribution in [2.75, 3.05) is 11.9 Å². The van der Waals surface area contributed by atoms with Gasteiger partial charge in [0.25, 0.3) is 0 Å². The number of nitrogens with zero attached hydrogens (tertiary/aromatic N) is 2. The summed E-state index contributed by atoms with van der Waals surface area (Å²) in [6.45, 7) is -0.175. The second-order valence-electron chi connectivity index (χ2n) is 4.69. The fourth-order valence-corrected chi connectivity index (χ4v) is 2.45. The molecule has 0 radical (unpaired) electrons. The first-order valence-electron chi connectivity index (χ1n) is 6.68. The molecule has 1 fully saturated rings. The predicted octanol–water partition coefficient (Wildman–Crippen LogP) is 2.61. The number of aliphatic hydroxyl groups is 1. The minimum Gasteiger partial charge on any atom is -0.384 e. The van der Waals surface area contributed by atoms with Crippen LogP contribution in [0.5, 0.6) is 0 Å². The number of hydrogen-bond donors (Lipinski definition) is 2. The van der Waals surface area contributed by atoms with E-state index in [1.54, 1.807) is 6.20 Å². The fourth-order valence-electron chi connectivity index (χ4n) is 2.31. The number of aromatic nitrogens is 2. The van der Waals surface area contributed by atoms with Crippen LogP contribution in [0.1, 0.15) is 44.1 Å². The molecular weight excluding hydrogens is 262 g/mol. The number of hydrogen-bond acceptors (Lipinski definition) is 4. The third-order valence-electron chi connectivity index (χ3n) is 3.26. The van der Waals surface area contributed by atoms with Crippen molar-refractivity contribution in [3.05, 3.63) is 17.0 Å². The standard InChI is InChI=1S/C14H18ClN3O/c15-14-16-10-11(6-5-9-19)13(18-14)17-12-7-3-1-2-4-8-12/h10,12,19H,1-4,7-9H2,(H,16,17,18). The molecule has 0 bridgehead atoms. The lowest BCUT2D eigenvalue weighted by Crippen LogP contribution is -2.20. The van der Waals surface area contributed by atoms with Crippen LogP contribution in [0.15, 0.2) is 6.20 Å². The largest absolute Gasteiger partial charge is 0.384 e. The highest BCUT2D eigenvalue weighted by Gasteiger charge is 2.14. The van der Waals surface area contributed by atoms with Crippen molar-refractivity contribution in [2.45, 2.75) is 44.6 Å². The van der Waals surface area contributed by atoms with Crippen molar-refractivity contribution in [1.82, 2.24) is 9.97 Å². The summed E-state index contributed by atoms with van der Waals surface area (Å²) in [5, 5.41) is 12.4. The summed E-state index contributed by atoms with van der Waals surface area (Å²) < 4.78 is 0. The highest BCUT2D eigenvalue weighted by atomic mass is 35.5. The molecule has 2 rings (SSSR count). The van der Waals surface area contributed by atoms with Gasteiger partial charge in [0, 0.05) is 12.2 Å². The normalized spacial score (nSPS) is 16.3. The maximum Gasteiger partial charge on any atom is 0.224 e. The lowest BCUT2D eigenvalue weighted by atomic mass is 10.1. The monoisotopic (exact) mass is 279 g/mol. The zero-order chi connectivity index (χ0) is 13.5. The van der Waals surface area contributed by atoms with Gasteiger partial charge in [-0.15, -0.1) is 0 Å². The van der Waals surface area contributed by atoms with Crippen LogP contribution in [0, 0.1) is 11.8 Å². The molecule has 5 heteroatoms. The number of aliphatic hydroxyl groups excluding tert-OH is 1. The Hall–Kier alpha value is -1.31. The topological polar surface area (TPSA) is 58.0 Å². The molecule has 2 N–H and O–H groups in total. The summed E-state index contributed by atoms with van der Waals surface area (Å²) in [4.78, 5) is 8.14. The molecule has 1 aromatic rings. The van der Waals surface area contributed by atoms with E-state index < -0.39 is 0 Å². The smallest absolute Gasteiger partial charge is 0.224 e. The van der Waals surface area contributed by atoms with Crippen molar-refractivity contribution in [3.8, 4) is 11.8 Å². The van der Waals surface area contributed by atoms with E-state index in [9.17, 15) is 0 Å². The Morgan fingerprint density at radius 3 is 2.74 bits per heavy atom. The summed E-state index contributed by atoms with van der Waals surface area (Å²) in [5.41, 5.74) is 0.683. The van der Waals surface area contributed by atoms with Gasteiger partial charge in [0.2, 0.25) is 5.28 Å². The Balaban J connectivity index is 2.14. The molecular formula is C14H18ClN3O.